The third kappa shape index (κ3) is 3.80. The highest BCUT2D eigenvalue weighted by Gasteiger charge is 2.16. The molecule has 0 radical (unpaired) electrons. The van der Waals surface area contributed by atoms with Crippen molar-refractivity contribution in [3.8, 4) is 17.1 Å². The predicted molar refractivity (Wildman–Crippen MR) is 109 cm³/mol. The molecule has 2 aromatic heterocycles. The topological polar surface area (TPSA) is 48.5 Å². The summed E-state index contributed by atoms with van der Waals surface area (Å²) in [6, 6.07) is 16.8. The standard InChI is InChI=1S/C21H21N5S/c1-15-7-9-19(10-8-15)26-20(18-6-4-5-16(2)11-18)23-24-21(26)27-14-17-12-22-25(3)13-17/h4-13H,14H2,1-3H3. The number of hydrogen-bond donors (Lipinski definition) is 0. The summed E-state index contributed by atoms with van der Waals surface area (Å²) >= 11 is 1.67. The lowest BCUT2D eigenvalue weighted by Crippen LogP contribution is -2.00. The second-order valence-electron chi connectivity index (χ2n) is 6.66. The predicted octanol–water partition coefficient (Wildman–Crippen LogP) is 4.58. The van der Waals surface area contributed by atoms with Gasteiger partial charge in [-0.2, -0.15) is 5.10 Å². The van der Waals surface area contributed by atoms with Crippen LogP contribution in [0.2, 0.25) is 0 Å². The van der Waals surface area contributed by atoms with Crippen LogP contribution in [0.25, 0.3) is 17.1 Å². The van der Waals surface area contributed by atoms with E-state index in [9.17, 15) is 0 Å². The number of rotatable bonds is 5. The second kappa shape index (κ2) is 7.40. The molecule has 0 fully saturated rings. The molecule has 2 aromatic carbocycles. The maximum absolute atomic E-state index is 4.52. The normalized spacial score (nSPS) is 11.1. The Balaban J connectivity index is 1.75. The Morgan fingerprint density at radius 3 is 2.48 bits per heavy atom. The maximum Gasteiger partial charge on any atom is 0.196 e. The summed E-state index contributed by atoms with van der Waals surface area (Å²) in [5.41, 5.74) is 5.73. The summed E-state index contributed by atoms with van der Waals surface area (Å²) in [6.07, 6.45) is 3.92. The number of aromatic nitrogens is 5. The molecule has 0 N–H and O–H groups in total. The number of thioether (sulfide) groups is 1. The van der Waals surface area contributed by atoms with Gasteiger partial charge in [-0.1, -0.05) is 53.2 Å². The van der Waals surface area contributed by atoms with Gasteiger partial charge in [0.25, 0.3) is 0 Å². The SMILES string of the molecule is Cc1ccc(-n2c(SCc3cnn(C)c3)nnc2-c2cccc(C)c2)cc1. The van der Waals surface area contributed by atoms with Crippen molar-refractivity contribution in [3.63, 3.8) is 0 Å². The quantitative estimate of drug-likeness (QED) is 0.479. The van der Waals surface area contributed by atoms with Crippen molar-refractivity contribution in [2.24, 2.45) is 7.05 Å². The van der Waals surface area contributed by atoms with Gasteiger partial charge >= 0.3 is 0 Å². The highest BCUT2D eigenvalue weighted by Crippen LogP contribution is 2.30. The van der Waals surface area contributed by atoms with E-state index in [1.165, 1.54) is 11.1 Å². The van der Waals surface area contributed by atoms with E-state index < -0.39 is 0 Å². The summed E-state index contributed by atoms with van der Waals surface area (Å²) < 4.78 is 3.95. The van der Waals surface area contributed by atoms with E-state index >= 15 is 0 Å². The van der Waals surface area contributed by atoms with E-state index in [4.69, 9.17) is 0 Å². The van der Waals surface area contributed by atoms with E-state index in [0.717, 1.165) is 33.5 Å². The Morgan fingerprint density at radius 2 is 1.78 bits per heavy atom. The average molecular weight is 376 g/mol. The van der Waals surface area contributed by atoms with Gasteiger partial charge < -0.3 is 0 Å². The van der Waals surface area contributed by atoms with Gasteiger partial charge in [-0.3, -0.25) is 9.25 Å². The average Bonchev–Trinajstić information content (AvgIpc) is 3.27. The van der Waals surface area contributed by atoms with E-state index in [1.54, 1.807) is 11.8 Å². The van der Waals surface area contributed by atoms with Gasteiger partial charge in [0.2, 0.25) is 0 Å². The van der Waals surface area contributed by atoms with Gasteiger partial charge in [-0.15, -0.1) is 10.2 Å². The lowest BCUT2D eigenvalue weighted by atomic mass is 10.1. The van der Waals surface area contributed by atoms with E-state index in [0.29, 0.717) is 0 Å². The van der Waals surface area contributed by atoms with Crippen LogP contribution in [0.1, 0.15) is 16.7 Å². The zero-order valence-corrected chi connectivity index (χ0v) is 16.4. The highest BCUT2D eigenvalue weighted by atomic mass is 32.2. The zero-order chi connectivity index (χ0) is 18.8. The van der Waals surface area contributed by atoms with Crippen molar-refractivity contribution < 1.29 is 0 Å². The summed E-state index contributed by atoms with van der Waals surface area (Å²) in [5, 5.41) is 14.1. The molecule has 27 heavy (non-hydrogen) atoms. The fraction of sp³-hybridized carbons (Fsp3) is 0.190. The minimum Gasteiger partial charge on any atom is -0.276 e. The van der Waals surface area contributed by atoms with Crippen LogP contribution in [0.4, 0.5) is 0 Å². The fourth-order valence-electron chi connectivity index (χ4n) is 2.96. The van der Waals surface area contributed by atoms with Crippen LogP contribution in [0, 0.1) is 13.8 Å². The zero-order valence-electron chi connectivity index (χ0n) is 15.6. The number of nitrogens with zero attached hydrogens (tertiary/aromatic N) is 5. The molecule has 0 aliphatic carbocycles. The number of aryl methyl sites for hydroxylation is 3. The van der Waals surface area contributed by atoms with Crippen LogP contribution < -0.4 is 0 Å². The molecular formula is C21H21N5S. The van der Waals surface area contributed by atoms with Crippen molar-refractivity contribution in [1.29, 1.82) is 0 Å². The molecule has 0 unspecified atom stereocenters. The van der Waals surface area contributed by atoms with Crippen LogP contribution in [-0.4, -0.2) is 24.5 Å². The highest BCUT2D eigenvalue weighted by molar-refractivity contribution is 7.98. The Morgan fingerprint density at radius 1 is 0.963 bits per heavy atom. The van der Waals surface area contributed by atoms with Crippen molar-refractivity contribution >= 4 is 11.8 Å². The molecule has 4 rings (SSSR count). The minimum absolute atomic E-state index is 0.797. The summed E-state index contributed by atoms with van der Waals surface area (Å²) in [6.45, 7) is 4.18. The third-order valence-electron chi connectivity index (χ3n) is 4.33. The molecule has 5 nitrogen and oxygen atoms in total. The van der Waals surface area contributed by atoms with Crippen molar-refractivity contribution in [2.45, 2.75) is 24.8 Å². The van der Waals surface area contributed by atoms with Crippen LogP contribution in [-0.2, 0) is 12.8 Å². The fourth-order valence-corrected chi connectivity index (χ4v) is 3.82. The monoisotopic (exact) mass is 375 g/mol. The molecular weight excluding hydrogens is 354 g/mol. The molecule has 0 amide bonds. The van der Waals surface area contributed by atoms with Crippen LogP contribution in [0.3, 0.4) is 0 Å². The van der Waals surface area contributed by atoms with Gasteiger partial charge in [-0.05, 0) is 32.0 Å². The van der Waals surface area contributed by atoms with Crippen LogP contribution >= 0.6 is 11.8 Å². The van der Waals surface area contributed by atoms with Gasteiger partial charge in [-0.25, -0.2) is 0 Å². The molecule has 0 aliphatic rings. The largest absolute Gasteiger partial charge is 0.276 e. The molecule has 0 saturated carbocycles. The Hall–Kier alpha value is -2.86. The first kappa shape index (κ1) is 17.5. The molecule has 6 heteroatoms. The van der Waals surface area contributed by atoms with E-state index in [2.05, 4.69) is 82.2 Å². The molecule has 136 valence electrons. The second-order valence-corrected chi connectivity index (χ2v) is 7.60. The van der Waals surface area contributed by atoms with Gasteiger partial charge in [0.1, 0.15) is 0 Å². The van der Waals surface area contributed by atoms with Crippen LogP contribution in [0.15, 0.2) is 66.1 Å². The van der Waals surface area contributed by atoms with Gasteiger partial charge in [0.05, 0.1) is 6.20 Å². The number of benzene rings is 2. The maximum atomic E-state index is 4.52. The molecule has 4 aromatic rings. The van der Waals surface area contributed by atoms with E-state index in [1.807, 2.05) is 24.1 Å². The molecule has 0 saturated heterocycles. The Labute approximate surface area is 163 Å². The lowest BCUT2D eigenvalue weighted by molar-refractivity contribution is 0.767. The first-order valence-corrected chi connectivity index (χ1v) is 9.78. The van der Waals surface area contributed by atoms with Gasteiger partial charge in [0.15, 0.2) is 11.0 Å². The number of hydrogen-bond acceptors (Lipinski definition) is 4. The Kier molecular flexibility index (Phi) is 4.81. The smallest absolute Gasteiger partial charge is 0.196 e. The van der Waals surface area contributed by atoms with Crippen LogP contribution in [0.5, 0.6) is 0 Å². The van der Waals surface area contributed by atoms with E-state index in [-0.39, 0.29) is 0 Å². The molecule has 2 heterocycles. The summed E-state index contributed by atoms with van der Waals surface area (Å²) in [5.74, 6) is 1.65. The summed E-state index contributed by atoms with van der Waals surface area (Å²) in [7, 11) is 1.93. The third-order valence-corrected chi connectivity index (χ3v) is 5.33. The first-order chi connectivity index (χ1) is 13.1. The van der Waals surface area contributed by atoms with Crippen molar-refractivity contribution in [3.05, 3.63) is 77.6 Å². The molecule has 0 spiro atoms. The van der Waals surface area contributed by atoms with Crippen molar-refractivity contribution in [1.82, 2.24) is 24.5 Å². The molecule has 0 aliphatic heterocycles. The first-order valence-electron chi connectivity index (χ1n) is 8.80. The Bertz CT molecular complexity index is 1060. The van der Waals surface area contributed by atoms with Gasteiger partial charge in [0, 0.05) is 35.8 Å². The summed E-state index contributed by atoms with van der Waals surface area (Å²) in [4.78, 5) is 0. The lowest BCUT2D eigenvalue weighted by Gasteiger charge is -2.11. The van der Waals surface area contributed by atoms with Crippen molar-refractivity contribution in [2.75, 3.05) is 0 Å². The molecule has 0 bridgehead atoms. The molecule has 0 atom stereocenters. The minimum atomic E-state index is 0.797.